The van der Waals surface area contributed by atoms with Crippen LogP contribution in [0.3, 0.4) is 0 Å². The van der Waals surface area contributed by atoms with E-state index in [1.165, 1.54) is 37.7 Å². The highest BCUT2D eigenvalue weighted by atomic mass is 32.2. The van der Waals surface area contributed by atoms with Gasteiger partial charge in [0.25, 0.3) is 21.8 Å². The Labute approximate surface area is 237 Å². The Morgan fingerprint density at radius 3 is 2.49 bits per heavy atom. The quantitative estimate of drug-likeness (QED) is 0.252. The molecule has 41 heavy (non-hydrogen) atoms. The Hall–Kier alpha value is -5.22. The van der Waals surface area contributed by atoms with Crippen LogP contribution in [0.2, 0.25) is 0 Å². The third-order valence-electron chi connectivity index (χ3n) is 5.61. The van der Waals surface area contributed by atoms with Crippen LogP contribution in [0, 0.1) is 12.3 Å². The van der Waals surface area contributed by atoms with Crippen molar-refractivity contribution in [3.05, 3.63) is 72.2 Å². The van der Waals surface area contributed by atoms with E-state index in [-0.39, 0.29) is 52.3 Å². The molecule has 3 heterocycles. The van der Waals surface area contributed by atoms with E-state index >= 15 is 0 Å². The first kappa shape index (κ1) is 28.8. The molecule has 1 aromatic carbocycles. The van der Waals surface area contributed by atoms with Crippen LogP contribution in [0.5, 0.6) is 23.1 Å². The Kier molecular flexibility index (Phi) is 8.64. The Morgan fingerprint density at radius 1 is 1.10 bits per heavy atom. The number of hydrogen-bond donors (Lipinski definition) is 2. The van der Waals surface area contributed by atoms with Gasteiger partial charge in [0, 0.05) is 18.0 Å². The largest absolute Gasteiger partial charge is 0.493 e. The van der Waals surface area contributed by atoms with E-state index in [0.717, 1.165) is 5.56 Å². The van der Waals surface area contributed by atoms with Gasteiger partial charge >= 0.3 is 0 Å². The summed E-state index contributed by atoms with van der Waals surface area (Å²) in [5.74, 6) is 1.58. The number of terminal acetylenes is 1. The lowest BCUT2D eigenvalue weighted by molar-refractivity contribution is 0.0995. The number of para-hydroxylation sites is 2. The van der Waals surface area contributed by atoms with Crippen LogP contribution >= 0.6 is 0 Å². The van der Waals surface area contributed by atoms with Crippen molar-refractivity contribution in [1.82, 2.24) is 19.9 Å². The van der Waals surface area contributed by atoms with Gasteiger partial charge in [0.1, 0.15) is 5.69 Å². The number of carbonyl (C=O) groups excluding carboxylic acids is 1. The number of carbonyl (C=O) groups is 1. The van der Waals surface area contributed by atoms with Gasteiger partial charge in [-0.15, -0.1) is 6.42 Å². The first-order valence-electron chi connectivity index (χ1n) is 12.2. The van der Waals surface area contributed by atoms with Crippen molar-refractivity contribution >= 4 is 21.7 Å². The molecule has 3 aromatic heterocycles. The SMILES string of the molecule is C#CCOc1nc(-c2ccnc(C(N)=O)c2)nc(NS(=O)(=O)c2ccc(C(C)C)cn2)c1Oc1ccccc1OC. The van der Waals surface area contributed by atoms with Gasteiger partial charge in [-0.05, 0) is 41.8 Å². The molecule has 13 heteroatoms. The predicted octanol–water partition coefficient (Wildman–Crippen LogP) is 3.77. The standard InChI is InChI=1S/C28H26N6O6S/c1-5-14-39-28-24(40-22-9-7-6-8-21(22)38-4)27(32-26(33-28)18-12-13-30-20(15-18)25(29)35)34-41(36,37)23-11-10-19(16-31-23)17(2)3/h1,6-13,15-17H,14H2,2-4H3,(H2,29,35)(H,32,33,34). The fourth-order valence-electron chi connectivity index (χ4n) is 3.52. The summed E-state index contributed by atoms with van der Waals surface area (Å²) in [5, 5.41) is -0.253. The number of benzene rings is 1. The summed E-state index contributed by atoms with van der Waals surface area (Å²) < 4.78 is 46.5. The molecular weight excluding hydrogens is 548 g/mol. The number of nitrogens with zero attached hydrogens (tertiary/aromatic N) is 4. The number of nitrogens with two attached hydrogens (primary N) is 1. The van der Waals surface area contributed by atoms with Gasteiger partial charge in [-0.25, -0.2) is 9.97 Å². The minimum Gasteiger partial charge on any atom is -0.493 e. The molecule has 210 valence electrons. The number of primary amides is 1. The van der Waals surface area contributed by atoms with Crippen LogP contribution in [-0.2, 0) is 10.0 Å². The van der Waals surface area contributed by atoms with Crippen molar-refractivity contribution < 1.29 is 27.4 Å². The van der Waals surface area contributed by atoms with Gasteiger partial charge < -0.3 is 19.9 Å². The van der Waals surface area contributed by atoms with Crippen LogP contribution in [0.15, 0.2) is 66.0 Å². The molecule has 4 aromatic rings. The minimum atomic E-state index is -4.29. The van der Waals surface area contributed by atoms with Gasteiger partial charge in [0.15, 0.2) is 34.8 Å². The van der Waals surface area contributed by atoms with Crippen molar-refractivity contribution in [2.75, 3.05) is 18.4 Å². The highest BCUT2D eigenvalue weighted by Crippen LogP contribution is 2.41. The fraction of sp³-hybridized carbons (Fsp3) is 0.179. The van der Waals surface area contributed by atoms with Crippen molar-refractivity contribution in [2.24, 2.45) is 5.73 Å². The van der Waals surface area contributed by atoms with Crippen LogP contribution < -0.4 is 24.7 Å². The van der Waals surface area contributed by atoms with Crippen LogP contribution in [0.4, 0.5) is 5.82 Å². The number of pyridine rings is 2. The number of amides is 1. The van der Waals surface area contributed by atoms with E-state index in [9.17, 15) is 13.2 Å². The van der Waals surface area contributed by atoms with E-state index < -0.39 is 15.9 Å². The fourth-order valence-corrected chi connectivity index (χ4v) is 4.45. The summed E-state index contributed by atoms with van der Waals surface area (Å²) >= 11 is 0. The zero-order chi connectivity index (χ0) is 29.6. The second-order valence-corrected chi connectivity index (χ2v) is 10.4. The van der Waals surface area contributed by atoms with Gasteiger partial charge in [0.2, 0.25) is 5.75 Å². The van der Waals surface area contributed by atoms with E-state index in [2.05, 4.69) is 30.6 Å². The third kappa shape index (κ3) is 6.68. The lowest BCUT2D eigenvalue weighted by Crippen LogP contribution is -2.17. The lowest BCUT2D eigenvalue weighted by Gasteiger charge is -2.18. The summed E-state index contributed by atoms with van der Waals surface area (Å²) in [4.78, 5) is 28.6. The highest BCUT2D eigenvalue weighted by molar-refractivity contribution is 7.92. The molecule has 1 amide bonds. The topological polar surface area (TPSA) is 169 Å². The van der Waals surface area contributed by atoms with E-state index in [1.54, 1.807) is 30.3 Å². The maximum absolute atomic E-state index is 13.5. The zero-order valence-electron chi connectivity index (χ0n) is 22.4. The number of anilines is 1. The molecule has 12 nitrogen and oxygen atoms in total. The van der Waals surface area contributed by atoms with Crippen LogP contribution in [0.1, 0.15) is 35.8 Å². The second-order valence-electron chi connectivity index (χ2n) is 8.76. The number of hydrogen-bond acceptors (Lipinski definition) is 10. The Bertz CT molecular complexity index is 1720. The van der Waals surface area contributed by atoms with Gasteiger partial charge in [0.05, 0.1) is 7.11 Å². The number of ether oxygens (including phenoxy) is 3. The number of nitrogens with one attached hydrogen (secondary N) is 1. The van der Waals surface area contributed by atoms with Gasteiger partial charge in [-0.3, -0.25) is 14.5 Å². The molecule has 3 N–H and O–H groups in total. The molecule has 0 aliphatic carbocycles. The Morgan fingerprint density at radius 2 is 1.85 bits per heavy atom. The molecule has 0 spiro atoms. The van der Waals surface area contributed by atoms with Crippen molar-refractivity contribution in [3.63, 3.8) is 0 Å². The number of rotatable bonds is 11. The molecule has 0 atom stereocenters. The summed E-state index contributed by atoms with van der Waals surface area (Å²) in [6.45, 7) is 3.70. The molecule has 0 bridgehead atoms. The summed E-state index contributed by atoms with van der Waals surface area (Å²) in [6, 6.07) is 12.6. The molecule has 0 aliphatic heterocycles. The smallest absolute Gasteiger partial charge is 0.280 e. The molecule has 0 saturated carbocycles. The second kappa shape index (κ2) is 12.3. The normalized spacial score (nSPS) is 11.0. The number of sulfonamides is 1. The third-order valence-corrected chi connectivity index (χ3v) is 6.86. The van der Waals surface area contributed by atoms with Gasteiger partial charge in [-0.1, -0.05) is 38.0 Å². The molecule has 4 rings (SSSR count). The van der Waals surface area contributed by atoms with Crippen molar-refractivity contribution in [2.45, 2.75) is 24.8 Å². The van der Waals surface area contributed by atoms with E-state index in [1.807, 2.05) is 13.8 Å². The summed E-state index contributed by atoms with van der Waals surface area (Å²) in [6.07, 6.45) is 8.24. The molecule has 0 aliphatic rings. The maximum Gasteiger partial charge on any atom is 0.280 e. The summed E-state index contributed by atoms with van der Waals surface area (Å²) in [5.41, 5.74) is 6.49. The molecule has 0 unspecified atom stereocenters. The molecular formula is C28H26N6O6S. The van der Waals surface area contributed by atoms with Crippen molar-refractivity contribution in [1.29, 1.82) is 0 Å². The van der Waals surface area contributed by atoms with Gasteiger partial charge in [-0.2, -0.15) is 13.4 Å². The lowest BCUT2D eigenvalue weighted by atomic mass is 10.1. The van der Waals surface area contributed by atoms with Crippen molar-refractivity contribution in [3.8, 4) is 46.9 Å². The number of aromatic nitrogens is 4. The van der Waals surface area contributed by atoms with E-state index in [0.29, 0.717) is 11.3 Å². The first-order valence-corrected chi connectivity index (χ1v) is 13.7. The van der Waals surface area contributed by atoms with Crippen LogP contribution in [0.25, 0.3) is 11.4 Å². The zero-order valence-corrected chi connectivity index (χ0v) is 23.2. The monoisotopic (exact) mass is 574 g/mol. The Balaban J connectivity index is 1.90. The molecule has 0 fully saturated rings. The van der Waals surface area contributed by atoms with E-state index in [4.69, 9.17) is 26.4 Å². The number of methoxy groups -OCH3 is 1. The average Bonchev–Trinajstić information content (AvgIpc) is 2.97. The molecule has 0 saturated heterocycles. The maximum atomic E-state index is 13.5. The minimum absolute atomic E-state index is 0.0323. The summed E-state index contributed by atoms with van der Waals surface area (Å²) in [7, 11) is -2.84. The molecule has 0 radical (unpaired) electrons. The first-order chi connectivity index (χ1) is 19.6. The van der Waals surface area contributed by atoms with Crippen LogP contribution in [-0.4, -0.2) is 48.0 Å². The highest BCUT2D eigenvalue weighted by Gasteiger charge is 2.26. The average molecular weight is 575 g/mol. The predicted molar refractivity (Wildman–Crippen MR) is 150 cm³/mol.